The SMILES string of the molecule is S=c1[nH]nc(Cc2cccc3ccccc23)n1/N=C\c1ccccc1. The largest absolute Gasteiger partial charge is 0.250 e. The molecule has 0 amide bonds. The van der Waals surface area contributed by atoms with Crippen LogP contribution in [0.5, 0.6) is 0 Å². The van der Waals surface area contributed by atoms with E-state index >= 15 is 0 Å². The highest BCUT2D eigenvalue weighted by Gasteiger charge is 2.08. The van der Waals surface area contributed by atoms with E-state index in [1.165, 1.54) is 16.3 Å². The topological polar surface area (TPSA) is 46.0 Å². The van der Waals surface area contributed by atoms with E-state index in [1.54, 1.807) is 10.9 Å². The third-order valence-electron chi connectivity index (χ3n) is 4.07. The molecule has 25 heavy (non-hydrogen) atoms. The molecule has 0 saturated carbocycles. The molecule has 5 heteroatoms. The first kappa shape index (κ1) is 15.5. The van der Waals surface area contributed by atoms with Crippen LogP contribution in [0.15, 0.2) is 77.9 Å². The lowest BCUT2D eigenvalue weighted by Gasteiger charge is -2.06. The van der Waals surface area contributed by atoms with Crippen LogP contribution in [-0.2, 0) is 6.42 Å². The van der Waals surface area contributed by atoms with Gasteiger partial charge in [-0.25, -0.2) is 0 Å². The summed E-state index contributed by atoms with van der Waals surface area (Å²) in [6, 6.07) is 24.6. The second-order valence-corrected chi connectivity index (χ2v) is 6.11. The minimum absolute atomic E-state index is 0.488. The third kappa shape index (κ3) is 3.27. The minimum Gasteiger partial charge on any atom is -0.250 e. The van der Waals surface area contributed by atoms with Crippen molar-refractivity contribution in [2.45, 2.75) is 6.42 Å². The summed E-state index contributed by atoms with van der Waals surface area (Å²) in [7, 11) is 0. The monoisotopic (exact) mass is 344 g/mol. The van der Waals surface area contributed by atoms with Crippen LogP contribution in [0.2, 0.25) is 0 Å². The van der Waals surface area contributed by atoms with Crippen LogP contribution in [-0.4, -0.2) is 21.1 Å². The third-order valence-corrected chi connectivity index (χ3v) is 4.33. The van der Waals surface area contributed by atoms with Crippen LogP contribution in [0.3, 0.4) is 0 Å². The molecule has 0 atom stereocenters. The van der Waals surface area contributed by atoms with Gasteiger partial charge >= 0.3 is 0 Å². The fourth-order valence-corrected chi connectivity index (χ4v) is 3.04. The fraction of sp³-hybridized carbons (Fsp3) is 0.0500. The van der Waals surface area contributed by atoms with Gasteiger partial charge in [-0.2, -0.15) is 14.9 Å². The number of nitrogens with one attached hydrogen (secondary N) is 1. The molecule has 4 nitrogen and oxygen atoms in total. The standard InChI is InChI=1S/C20H16N4S/c25-20-23-22-19(24(20)21-14-15-7-2-1-3-8-15)13-17-11-6-10-16-9-4-5-12-18(16)17/h1-12,14H,13H2,(H,23,25)/b21-14-. The number of hydrogen-bond donors (Lipinski definition) is 1. The Kier molecular flexibility index (Phi) is 4.23. The molecule has 4 rings (SSSR count). The van der Waals surface area contributed by atoms with E-state index in [1.807, 2.05) is 36.4 Å². The van der Waals surface area contributed by atoms with Gasteiger partial charge in [0.05, 0.1) is 6.21 Å². The lowest BCUT2D eigenvalue weighted by Crippen LogP contribution is -2.01. The zero-order valence-corrected chi connectivity index (χ0v) is 14.3. The Bertz CT molecular complexity index is 1090. The van der Waals surface area contributed by atoms with Gasteiger partial charge in [-0.15, -0.1) is 0 Å². The van der Waals surface area contributed by atoms with Gasteiger partial charge in [0.15, 0.2) is 5.82 Å². The molecule has 1 heterocycles. The number of H-pyrrole nitrogens is 1. The molecular formula is C20H16N4S. The first-order valence-electron chi connectivity index (χ1n) is 8.03. The summed E-state index contributed by atoms with van der Waals surface area (Å²) in [5.74, 6) is 0.786. The van der Waals surface area contributed by atoms with Gasteiger partial charge in [-0.05, 0) is 34.1 Å². The summed E-state index contributed by atoms with van der Waals surface area (Å²) in [4.78, 5) is 0. The van der Waals surface area contributed by atoms with E-state index in [4.69, 9.17) is 12.2 Å². The first-order valence-corrected chi connectivity index (χ1v) is 8.44. The number of rotatable bonds is 4. The van der Waals surface area contributed by atoms with Gasteiger partial charge in [0.1, 0.15) is 0 Å². The molecule has 122 valence electrons. The first-order chi connectivity index (χ1) is 12.3. The quantitative estimate of drug-likeness (QED) is 0.435. The predicted octanol–water partition coefficient (Wildman–Crippen LogP) is 4.57. The molecule has 3 aromatic carbocycles. The van der Waals surface area contributed by atoms with Crippen molar-refractivity contribution in [2.24, 2.45) is 5.10 Å². The molecule has 0 bridgehead atoms. The lowest BCUT2D eigenvalue weighted by atomic mass is 10.0. The summed E-state index contributed by atoms with van der Waals surface area (Å²) in [5.41, 5.74) is 2.21. The Balaban J connectivity index is 1.70. The summed E-state index contributed by atoms with van der Waals surface area (Å²) in [6.45, 7) is 0. The summed E-state index contributed by atoms with van der Waals surface area (Å²) >= 11 is 5.33. The van der Waals surface area contributed by atoms with Crippen LogP contribution in [0.4, 0.5) is 0 Å². The van der Waals surface area contributed by atoms with Crippen molar-refractivity contribution in [1.82, 2.24) is 14.9 Å². The van der Waals surface area contributed by atoms with Gasteiger partial charge in [0.25, 0.3) is 0 Å². The number of benzene rings is 3. The number of fused-ring (bicyclic) bond motifs is 1. The van der Waals surface area contributed by atoms with Crippen LogP contribution in [0.25, 0.3) is 10.8 Å². The average molecular weight is 344 g/mol. The van der Waals surface area contributed by atoms with Crippen LogP contribution < -0.4 is 0 Å². The average Bonchev–Trinajstić information content (AvgIpc) is 3.01. The molecule has 0 radical (unpaired) electrons. The van der Waals surface area contributed by atoms with Gasteiger partial charge < -0.3 is 0 Å². The highest BCUT2D eigenvalue weighted by atomic mass is 32.1. The van der Waals surface area contributed by atoms with Crippen molar-refractivity contribution in [3.05, 3.63) is 94.5 Å². The number of hydrogen-bond acceptors (Lipinski definition) is 3. The van der Waals surface area contributed by atoms with E-state index in [9.17, 15) is 0 Å². The van der Waals surface area contributed by atoms with Crippen molar-refractivity contribution >= 4 is 29.2 Å². The maximum absolute atomic E-state index is 5.33. The fourth-order valence-electron chi connectivity index (χ4n) is 2.84. The van der Waals surface area contributed by atoms with Crippen molar-refractivity contribution in [3.8, 4) is 0 Å². The maximum Gasteiger partial charge on any atom is 0.216 e. The highest BCUT2D eigenvalue weighted by Crippen LogP contribution is 2.20. The van der Waals surface area contributed by atoms with E-state index in [2.05, 4.69) is 51.7 Å². The van der Waals surface area contributed by atoms with Crippen molar-refractivity contribution in [2.75, 3.05) is 0 Å². The Morgan fingerprint density at radius 1 is 0.960 bits per heavy atom. The van der Waals surface area contributed by atoms with Crippen molar-refractivity contribution in [3.63, 3.8) is 0 Å². The van der Waals surface area contributed by atoms with Crippen molar-refractivity contribution < 1.29 is 0 Å². The van der Waals surface area contributed by atoms with Gasteiger partial charge in [0.2, 0.25) is 4.77 Å². The Morgan fingerprint density at radius 2 is 1.72 bits per heavy atom. The van der Waals surface area contributed by atoms with Crippen LogP contribution >= 0.6 is 12.2 Å². The molecule has 0 aliphatic rings. The molecule has 0 unspecified atom stereocenters. The molecule has 0 aliphatic carbocycles. The number of nitrogens with zero attached hydrogens (tertiary/aromatic N) is 3. The smallest absolute Gasteiger partial charge is 0.216 e. The second kappa shape index (κ2) is 6.83. The van der Waals surface area contributed by atoms with Gasteiger partial charge in [0, 0.05) is 6.42 Å². The normalized spacial score (nSPS) is 11.4. The summed E-state index contributed by atoms with van der Waals surface area (Å²) in [6.07, 6.45) is 2.44. The van der Waals surface area contributed by atoms with E-state index in [0.717, 1.165) is 11.4 Å². The Hall–Kier alpha value is -3.05. The Labute approximate surface area is 150 Å². The van der Waals surface area contributed by atoms with Crippen LogP contribution in [0.1, 0.15) is 17.0 Å². The van der Waals surface area contributed by atoms with E-state index < -0.39 is 0 Å². The Morgan fingerprint density at radius 3 is 2.60 bits per heavy atom. The molecule has 0 fully saturated rings. The molecule has 0 spiro atoms. The van der Waals surface area contributed by atoms with Gasteiger partial charge in [-0.1, -0.05) is 72.8 Å². The number of aromatic amines is 1. The molecule has 4 aromatic rings. The molecule has 1 aromatic heterocycles. The van der Waals surface area contributed by atoms with E-state index in [-0.39, 0.29) is 0 Å². The predicted molar refractivity (Wildman–Crippen MR) is 104 cm³/mol. The highest BCUT2D eigenvalue weighted by molar-refractivity contribution is 7.71. The van der Waals surface area contributed by atoms with Gasteiger partial charge in [-0.3, -0.25) is 5.10 Å². The zero-order chi connectivity index (χ0) is 17.1. The zero-order valence-electron chi connectivity index (χ0n) is 13.5. The van der Waals surface area contributed by atoms with Crippen molar-refractivity contribution in [1.29, 1.82) is 0 Å². The van der Waals surface area contributed by atoms with E-state index in [0.29, 0.717) is 11.2 Å². The maximum atomic E-state index is 5.33. The van der Waals surface area contributed by atoms with Crippen LogP contribution in [0, 0.1) is 4.77 Å². The molecule has 0 saturated heterocycles. The lowest BCUT2D eigenvalue weighted by molar-refractivity contribution is 0.793. The molecular weight excluding hydrogens is 328 g/mol. The number of aromatic nitrogens is 3. The molecule has 1 N–H and O–H groups in total. The summed E-state index contributed by atoms with van der Waals surface area (Å²) < 4.78 is 2.17. The minimum atomic E-state index is 0.488. The summed E-state index contributed by atoms with van der Waals surface area (Å²) in [5, 5.41) is 14.1. The molecule has 0 aliphatic heterocycles. The second-order valence-electron chi connectivity index (χ2n) is 5.73.